The van der Waals surface area contributed by atoms with Gasteiger partial charge in [0.15, 0.2) is 5.72 Å². The van der Waals surface area contributed by atoms with Crippen LogP contribution in [0, 0.1) is 0 Å². The number of piperazine rings is 1. The molecule has 3 amide bonds. The molecule has 3 aromatic rings. The van der Waals surface area contributed by atoms with Gasteiger partial charge in [-0.2, -0.15) is 0 Å². The van der Waals surface area contributed by atoms with Gasteiger partial charge >= 0.3 is 6.03 Å². The van der Waals surface area contributed by atoms with Gasteiger partial charge in [0.2, 0.25) is 0 Å². The fourth-order valence-corrected chi connectivity index (χ4v) is 5.72. The molecule has 8 heteroatoms. The Labute approximate surface area is 216 Å². The van der Waals surface area contributed by atoms with Crippen molar-refractivity contribution < 1.29 is 19.1 Å². The largest absolute Gasteiger partial charge is 0.495 e. The van der Waals surface area contributed by atoms with Crippen LogP contribution in [0.15, 0.2) is 72.8 Å². The molecule has 2 fully saturated rings. The summed E-state index contributed by atoms with van der Waals surface area (Å²) in [7, 11) is 1.67. The third-order valence-electron chi connectivity index (χ3n) is 7.52. The van der Waals surface area contributed by atoms with Crippen LogP contribution in [0.2, 0.25) is 0 Å². The number of nitrogens with zero attached hydrogens (tertiary/aromatic N) is 3. The second kappa shape index (κ2) is 9.03. The first kappa shape index (κ1) is 23.2. The molecule has 0 spiro atoms. The number of anilines is 2. The van der Waals surface area contributed by atoms with Gasteiger partial charge in [0, 0.05) is 43.7 Å². The average molecular weight is 499 g/mol. The molecule has 0 aromatic heterocycles. The number of rotatable bonds is 4. The number of amides is 3. The van der Waals surface area contributed by atoms with Crippen molar-refractivity contribution in [3.8, 4) is 11.5 Å². The Kier molecular flexibility index (Phi) is 5.67. The highest BCUT2D eigenvalue weighted by Crippen LogP contribution is 2.45. The van der Waals surface area contributed by atoms with Gasteiger partial charge in [-0.25, -0.2) is 4.79 Å². The van der Waals surface area contributed by atoms with Gasteiger partial charge in [-0.05, 0) is 43.3 Å². The quantitative estimate of drug-likeness (QED) is 0.576. The predicted molar refractivity (Wildman–Crippen MR) is 141 cm³/mol. The van der Waals surface area contributed by atoms with E-state index in [1.165, 1.54) is 0 Å². The fourth-order valence-electron chi connectivity index (χ4n) is 5.72. The molecule has 0 radical (unpaired) electrons. The molecule has 6 rings (SSSR count). The Morgan fingerprint density at radius 1 is 1.00 bits per heavy atom. The molecule has 0 unspecified atom stereocenters. The van der Waals surface area contributed by atoms with Gasteiger partial charge in [-0.1, -0.05) is 36.4 Å². The molecule has 2 atom stereocenters. The maximum atomic E-state index is 13.5. The van der Waals surface area contributed by atoms with Gasteiger partial charge in [-0.15, -0.1) is 0 Å². The van der Waals surface area contributed by atoms with Crippen molar-refractivity contribution in [2.24, 2.45) is 0 Å². The number of methoxy groups -OCH3 is 1. The molecule has 190 valence electrons. The van der Waals surface area contributed by atoms with E-state index >= 15 is 0 Å². The van der Waals surface area contributed by atoms with Crippen LogP contribution in [-0.4, -0.2) is 55.9 Å². The van der Waals surface area contributed by atoms with Gasteiger partial charge in [0.1, 0.15) is 11.5 Å². The van der Waals surface area contributed by atoms with Gasteiger partial charge < -0.3 is 24.6 Å². The fraction of sp³-hybridized carbons (Fsp3) is 0.310. The molecule has 1 N–H and O–H groups in total. The van der Waals surface area contributed by atoms with E-state index in [4.69, 9.17) is 9.47 Å². The summed E-state index contributed by atoms with van der Waals surface area (Å²) in [6.45, 7) is 4.57. The highest BCUT2D eigenvalue weighted by Gasteiger charge is 2.49. The number of para-hydroxylation sites is 3. The first-order valence-electron chi connectivity index (χ1n) is 12.6. The van der Waals surface area contributed by atoms with Crippen molar-refractivity contribution in [2.75, 3.05) is 43.1 Å². The molecule has 8 nitrogen and oxygen atoms in total. The second-order valence-corrected chi connectivity index (χ2v) is 9.86. The minimum absolute atomic E-state index is 0.0446. The summed E-state index contributed by atoms with van der Waals surface area (Å²) in [4.78, 5) is 32.5. The number of carbonyl (C=O) groups excluding carboxylic acids is 2. The molecule has 2 saturated heterocycles. The molecule has 3 aromatic carbocycles. The van der Waals surface area contributed by atoms with Gasteiger partial charge in [-0.3, -0.25) is 9.69 Å². The minimum atomic E-state index is -0.858. The van der Waals surface area contributed by atoms with E-state index in [1.807, 2.05) is 78.6 Å². The summed E-state index contributed by atoms with van der Waals surface area (Å²) in [5, 5.41) is 3.12. The maximum absolute atomic E-state index is 13.5. The highest BCUT2D eigenvalue weighted by molar-refractivity contribution is 5.99. The summed E-state index contributed by atoms with van der Waals surface area (Å²) in [6.07, 6.45) is 0.610. The van der Waals surface area contributed by atoms with E-state index in [2.05, 4.69) is 10.2 Å². The summed E-state index contributed by atoms with van der Waals surface area (Å²) in [6, 6.07) is 22.7. The standard InChI is InChI=1S/C29H30N4O4/c1-29-19-23(22-10-3-5-12-25(22)37-29)30-28(35)33(29)21-9-7-8-20(18-21)27(34)32-16-14-31(15-17-32)24-11-4-6-13-26(24)36-2/h3-13,18,23H,14-17,19H2,1-2H3,(H,30,35)/t23-,29-/m1/s1. The van der Waals surface area contributed by atoms with E-state index in [0.717, 1.165) is 22.7 Å². The Morgan fingerprint density at radius 3 is 2.57 bits per heavy atom. The zero-order valence-electron chi connectivity index (χ0n) is 21.0. The van der Waals surface area contributed by atoms with E-state index in [1.54, 1.807) is 18.1 Å². The Bertz CT molecular complexity index is 1350. The first-order chi connectivity index (χ1) is 18.0. The molecule has 3 heterocycles. The van der Waals surface area contributed by atoms with Crippen LogP contribution >= 0.6 is 0 Å². The number of ether oxygens (including phenoxy) is 2. The lowest BCUT2D eigenvalue weighted by molar-refractivity contribution is 0.0378. The number of benzene rings is 3. The first-order valence-corrected chi connectivity index (χ1v) is 12.6. The molecular weight excluding hydrogens is 468 g/mol. The Balaban J connectivity index is 1.20. The van der Waals surface area contributed by atoms with Crippen LogP contribution in [0.4, 0.5) is 16.2 Å². The monoisotopic (exact) mass is 498 g/mol. The zero-order valence-corrected chi connectivity index (χ0v) is 21.0. The molecular formula is C29H30N4O4. The normalized spacial score (nSPS) is 22.6. The van der Waals surface area contributed by atoms with Crippen LogP contribution in [0.1, 0.15) is 35.3 Å². The van der Waals surface area contributed by atoms with Gasteiger partial charge in [0.25, 0.3) is 5.91 Å². The van der Waals surface area contributed by atoms with E-state index in [0.29, 0.717) is 43.9 Å². The molecule has 37 heavy (non-hydrogen) atoms. The average Bonchev–Trinajstić information content (AvgIpc) is 2.92. The molecule has 2 bridgehead atoms. The number of urea groups is 1. The van der Waals surface area contributed by atoms with Crippen LogP contribution in [0.5, 0.6) is 11.5 Å². The third kappa shape index (κ3) is 4.02. The Morgan fingerprint density at radius 2 is 1.76 bits per heavy atom. The van der Waals surface area contributed by atoms with Crippen LogP contribution in [0.3, 0.4) is 0 Å². The van der Waals surface area contributed by atoms with E-state index in [9.17, 15) is 9.59 Å². The van der Waals surface area contributed by atoms with Crippen LogP contribution in [0.25, 0.3) is 0 Å². The molecule has 0 saturated carbocycles. The van der Waals surface area contributed by atoms with Crippen molar-refractivity contribution in [1.82, 2.24) is 10.2 Å². The molecule has 0 aliphatic carbocycles. The predicted octanol–water partition coefficient (Wildman–Crippen LogP) is 4.43. The smallest absolute Gasteiger partial charge is 0.325 e. The highest BCUT2D eigenvalue weighted by atomic mass is 16.5. The number of hydrogen-bond donors (Lipinski definition) is 1. The lowest BCUT2D eigenvalue weighted by Gasteiger charge is -2.50. The summed E-state index contributed by atoms with van der Waals surface area (Å²) < 4.78 is 11.9. The molecule has 3 aliphatic rings. The van der Waals surface area contributed by atoms with E-state index in [-0.39, 0.29) is 18.0 Å². The molecule has 3 aliphatic heterocycles. The Hall–Kier alpha value is -4.20. The number of carbonyl (C=O) groups is 2. The lowest BCUT2D eigenvalue weighted by Crippen LogP contribution is -2.65. The second-order valence-electron chi connectivity index (χ2n) is 9.86. The topological polar surface area (TPSA) is 74.4 Å². The third-order valence-corrected chi connectivity index (χ3v) is 7.52. The summed E-state index contributed by atoms with van der Waals surface area (Å²) >= 11 is 0. The summed E-state index contributed by atoms with van der Waals surface area (Å²) in [5.41, 5.74) is 2.36. The number of fused-ring (bicyclic) bond motifs is 4. The zero-order chi connectivity index (χ0) is 25.6. The van der Waals surface area contributed by atoms with Crippen LogP contribution < -0.4 is 24.6 Å². The van der Waals surface area contributed by atoms with Crippen LogP contribution in [-0.2, 0) is 0 Å². The SMILES string of the molecule is COc1ccccc1N1CCN(C(=O)c2cccc(N3C(=O)N[C@@H]4C[C@@]3(C)Oc3ccccc34)c2)CC1. The van der Waals surface area contributed by atoms with Crippen molar-refractivity contribution in [3.63, 3.8) is 0 Å². The maximum Gasteiger partial charge on any atom is 0.325 e. The van der Waals surface area contributed by atoms with Gasteiger partial charge in [0.05, 0.1) is 24.5 Å². The number of nitrogens with one attached hydrogen (secondary N) is 1. The van der Waals surface area contributed by atoms with Crippen molar-refractivity contribution in [2.45, 2.75) is 25.1 Å². The van der Waals surface area contributed by atoms with Crippen molar-refractivity contribution in [1.29, 1.82) is 0 Å². The minimum Gasteiger partial charge on any atom is -0.495 e. The number of hydrogen-bond acceptors (Lipinski definition) is 5. The lowest BCUT2D eigenvalue weighted by atomic mass is 9.90. The van der Waals surface area contributed by atoms with Crippen molar-refractivity contribution >= 4 is 23.3 Å². The summed E-state index contributed by atoms with van der Waals surface area (Å²) in [5.74, 6) is 1.56. The van der Waals surface area contributed by atoms with Crippen molar-refractivity contribution in [3.05, 3.63) is 83.9 Å². The van der Waals surface area contributed by atoms with E-state index < -0.39 is 5.72 Å².